The average molecular weight is 402 g/mol. The lowest BCUT2D eigenvalue weighted by Crippen LogP contribution is -1.96. The largest absolute Gasteiger partial charge is 0.354 e. The van der Waals surface area contributed by atoms with Crippen LogP contribution in [0.3, 0.4) is 0 Å². The van der Waals surface area contributed by atoms with Gasteiger partial charge in [0.15, 0.2) is 0 Å². The summed E-state index contributed by atoms with van der Waals surface area (Å²) in [5.41, 5.74) is 3.18. The van der Waals surface area contributed by atoms with E-state index in [-0.39, 0.29) is 5.82 Å². The van der Waals surface area contributed by atoms with Crippen LogP contribution in [0.2, 0.25) is 5.02 Å². The van der Waals surface area contributed by atoms with Crippen LogP contribution in [0.5, 0.6) is 0 Å². The summed E-state index contributed by atoms with van der Waals surface area (Å²) in [5, 5.41) is 5.83. The first-order valence-electron chi connectivity index (χ1n) is 7.31. The number of hydrogen-bond acceptors (Lipinski definition) is 2. The second kappa shape index (κ2) is 6.04. The van der Waals surface area contributed by atoms with Crippen LogP contribution in [-0.2, 0) is 0 Å². The van der Waals surface area contributed by atoms with Crippen molar-refractivity contribution >= 4 is 60.7 Å². The van der Waals surface area contributed by atoms with Crippen LogP contribution in [-0.4, -0.2) is 4.98 Å². The van der Waals surface area contributed by atoms with Crippen molar-refractivity contribution in [2.45, 2.75) is 0 Å². The Hall–Kier alpha value is -2.17. The second-order valence-corrected chi connectivity index (χ2v) is 6.80. The Kier molecular flexibility index (Phi) is 3.87. The van der Waals surface area contributed by atoms with Crippen LogP contribution in [0.4, 0.5) is 15.8 Å². The predicted octanol–water partition coefficient (Wildman–Crippen LogP) is 6.69. The summed E-state index contributed by atoms with van der Waals surface area (Å²) in [6.45, 7) is 0. The van der Waals surface area contributed by atoms with Crippen molar-refractivity contribution in [2.75, 3.05) is 5.32 Å². The van der Waals surface area contributed by atoms with E-state index in [0.29, 0.717) is 10.7 Å². The molecule has 0 radical (unpaired) electrons. The van der Waals surface area contributed by atoms with Gasteiger partial charge in [-0.05, 0) is 54.6 Å². The zero-order valence-electron chi connectivity index (χ0n) is 12.4. The van der Waals surface area contributed by atoms with Crippen molar-refractivity contribution in [3.8, 4) is 0 Å². The van der Waals surface area contributed by atoms with Crippen molar-refractivity contribution in [1.29, 1.82) is 0 Å². The Morgan fingerprint density at radius 2 is 1.79 bits per heavy atom. The van der Waals surface area contributed by atoms with E-state index in [4.69, 9.17) is 11.6 Å². The van der Waals surface area contributed by atoms with Crippen molar-refractivity contribution in [1.82, 2.24) is 4.98 Å². The van der Waals surface area contributed by atoms with E-state index in [1.165, 1.54) is 12.1 Å². The fraction of sp³-hybridized carbons (Fsp3) is 0. The maximum atomic E-state index is 13.5. The fourth-order valence-electron chi connectivity index (χ4n) is 2.73. The van der Waals surface area contributed by atoms with Crippen LogP contribution in [0, 0.1) is 5.82 Å². The predicted molar refractivity (Wildman–Crippen MR) is 102 cm³/mol. The molecule has 0 unspecified atom stereocenters. The van der Waals surface area contributed by atoms with E-state index < -0.39 is 0 Å². The Morgan fingerprint density at radius 1 is 0.917 bits per heavy atom. The fourth-order valence-corrected chi connectivity index (χ4v) is 3.26. The highest BCUT2D eigenvalue weighted by Gasteiger charge is 2.11. The van der Waals surface area contributed by atoms with Gasteiger partial charge in [0.1, 0.15) is 5.82 Å². The van der Waals surface area contributed by atoms with Crippen LogP contribution >= 0.6 is 27.5 Å². The topological polar surface area (TPSA) is 24.9 Å². The normalized spacial score (nSPS) is 11.1. The van der Waals surface area contributed by atoms with Crippen molar-refractivity contribution in [3.05, 3.63) is 76.0 Å². The number of hydrogen-bond donors (Lipinski definition) is 1. The molecule has 0 aliphatic rings. The Morgan fingerprint density at radius 3 is 2.62 bits per heavy atom. The minimum Gasteiger partial charge on any atom is -0.354 e. The molecule has 4 aromatic rings. The summed E-state index contributed by atoms with van der Waals surface area (Å²) in [6.07, 6.45) is 0. The van der Waals surface area contributed by atoms with Gasteiger partial charge >= 0.3 is 0 Å². The molecule has 5 heteroatoms. The molecule has 0 bridgehead atoms. The van der Waals surface area contributed by atoms with Gasteiger partial charge in [-0.2, -0.15) is 0 Å². The van der Waals surface area contributed by atoms with E-state index >= 15 is 0 Å². The molecule has 0 atom stereocenters. The molecule has 0 aliphatic heterocycles. The van der Waals surface area contributed by atoms with Gasteiger partial charge in [-0.1, -0.05) is 33.6 Å². The Bertz CT molecular complexity index is 1080. The highest BCUT2D eigenvalue weighted by atomic mass is 79.9. The molecular weight excluding hydrogens is 391 g/mol. The first-order chi connectivity index (χ1) is 11.6. The molecule has 4 rings (SSSR count). The van der Waals surface area contributed by atoms with E-state index in [9.17, 15) is 4.39 Å². The average Bonchev–Trinajstić information content (AvgIpc) is 2.55. The molecule has 0 aliphatic carbocycles. The Labute approximate surface area is 151 Å². The van der Waals surface area contributed by atoms with Crippen molar-refractivity contribution in [3.63, 3.8) is 0 Å². The summed E-state index contributed by atoms with van der Waals surface area (Å²) >= 11 is 9.61. The lowest BCUT2D eigenvalue weighted by Gasteiger charge is -2.14. The van der Waals surface area contributed by atoms with Crippen LogP contribution < -0.4 is 5.32 Å². The smallest absolute Gasteiger partial charge is 0.125 e. The van der Waals surface area contributed by atoms with Crippen molar-refractivity contribution < 1.29 is 4.39 Å². The quantitative estimate of drug-likeness (QED) is 0.379. The molecule has 3 aromatic carbocycles. The third-order valence-electron chi connectivity index (χ3n) is 3.79. The molecule has 24 heavy (non-hydrogen) atoms. The monoisotopic (exact) mass is 400 g/mol. The van der Waals surface area contributed by atoms with E-state index in [2.05, 4.69) is 26.2 Å². The van der Waals surface area contributed by atoms with E-state index in [1.807, 2.05) is 42.5 Å². The number of halogens is 3. The summed E-state index contributed by atoms with van der Waals surface area (Å²) < 4.78 is 14.5. The summed E-state index contributed by atoms with van der Waals surface area (Å²) in [5.74, 6) is -0.285. The standard InChI is InChI=1S/C19H11BrClFN2/c20-11-4-7-17-16(8-11)19(23-14-3-1-2-13(22)10-14)15-6-5-12(21)9-18(15)24-17/h1-10H,(H,23,24). The molecule has 1 aromatic heterocycles. The van der Waals surface area contributed by atoms with Gasteiger partial charge < -0.3 is 5.32 Å². The van der Waals surface area contributed by atoms with Crippen molar-refractivity contribution in [2.24, 2.45) is 0 Å². The minimum atomic E-state index is -0.285. The first-order valence-corrected chi connectivity index (χ1v) is 8.48. The van der Waals surface area contributed by atoms with E-state index in [1.54, 1.807) is 6.07 Å². The minimum absolute atomic E-state index is 0.285. The van der Waals surface area contributed by atoms with E-state index in [0.717, 1.165) is 32.0 Å². The number of benzene rings is 3. The lowest BCUT2D eigenvalue weighted by molar-refractivity contribution is 0.628. The van der Waals surface area contributed by atoms with Gasteiger partial charge in [-0.25, -0.2) is 9.37 Å². The molecule has 0 spiro atoms. The SMILES string of the molecule is Fc1cccc(Nc2c3ccc(Cl)cc3nc3ccc(Br)cc23)c1. The second-order valence-electron chi connectivity index (χ2n) is 5.45. The molecular formula is C19H11BrClFN2. The molecule has 118 valence electrons. The first kappa shape index (κ1) is 15.4. The molecule has 0 saturated heterocycles. The van der Waals surface area contributed by atoms with Crippen LogP contribution in [0.1, 0.15) is 0 Å². The molecule has 1 N–H and O–H groups in total. The number of aromatic nitrogens is 1. The highest BCUT2D eigenvalue weighted by molar-refractivity contribution is 9.10. The summed E-state index contributed by atoms with van der Waals surface area (Å²) in [6, 6.07) is 17.8. The summed E-state index contributed by atoms with van der Waals surface area (Å²) in [4.78, 5) is 4.68. The zero-order valence-corrected chi connectivity index (χ0v) is 14.7. The number of nitrogens with zero attached hydrogens (tertiary/aromatic N) is 1. The van der Waals surface area contributed by atoms with Gasteiger partial charge in [0.2, 0.25) is 0 Å². The van der Waals surface area contributed by atoms with Gasteiger partial charge in [0.05, 0.1) is 16.7 Å². The Balaban J connectivity index is 2.02. The van der Waals surface area contributed by atoms with Gasteiger partial charge in [-0.3, -0.25) is 0 Å². The highest BCUT2D eigenvalue weighted by Crippen LogP contribution is 2.35. The molecule has 0 fully saturated rings. The molecule has 1 heterocycles. The van der Waals surface area contributed by atoms with Gasteiger partial charge in [0.25, 0.3) is 0 Å². The molecule has 0 saturated carbocycles. The number of rotatable bonds is 2. The van der Waals surface area contributed by atoms with Gasteiger partial charge in [0, 0.05) is 26.0 Å². The number of fused-ring (bicyclic) bond motifs is 2. The third-order valence-corrected chi connectivity index (χ3v) is 4.52. The number of anilines is 2. The molecule has 0 amide bonds. The lowest BCUT2D eigenvalue weighted by atomic mass is 10.1. The maximum absolute atomic E-state index is 13.5. The van der Waals surface area contributed by atoms with Crippen LogP contribution in [0.15, 0.2) is 65.1 Å². The van der Waals surface area contributed by atoms with Crippen LogP contribution in [0.25, 0.3) is 21.8 Å². The zero-order chi connectivity index (χ0) is 16.7. The number of pyridine rings is 1. The third kappa shape index (κ3) is 2.83. The van der Waals surface area contributed by atoms with Gasteiger partial charge in [-0.15, -0.1) is 0 Å². The molecule has 2 nitrogen and oxygen atoms in total. The maximum Gasteiger partial charge on any atom is 0.125 e. The summed E-state index contributed by atoms with van der Waals surface area (Å²) in [7, 11) is 0. The number of nitrogens with one attached hydrogen (secondary N) is 1.